The van der Waals surface area contributed by atoms with Crippen LogP contribution >= 0.6 is 0 Å². The van der Waals surface area contributed by atoms with Crippen molar-refractivity contribution in [2.45, 2.75) is 177 Å². The number of carbonyl (C=O) groups excluding carboxylic acids is 1. The van der Waals surface area contributed by atoms with Gasteiger partial charge in [-0.05, 0) is 106 Å². The zero-order chi connectivity index (χ0) is 43.2. The third-order valence-corrected chi connectivity index (χ3v) is 15.0. The fourth-order valence-corrected chi connectivity index (χ4v) is 11.4. The second-order valence-corrected chi connectivity index (χ2v) is 19.1. The summed E-state index contributed by atoms with van der Waals surface area (Å²) in [5, 5.41) is 130. The fourth-order valence-electron chi connectivity index (χ4n) is 11.4. The van der Waals surface area contributed by atoms with Crippen molar-refractivity contribution in [3.05, 3.63) is 22.8 Å². The van der Waals surface area contributed by atoms with E-state index < -0.39 is 120 Å². The predicted octanol–water partition coefficient (Wildman–Crippen LogP) is -1.45. The summed E-state index contributed by atoms with van der Waals surface area (Å²) in [5.41, 5.74) is -4.08. The van der Waals surface area contributed by atoms with Crippen molar-refractivity contribution >= 4 is 5.78 Å². The number of phenolic OH excluding ortho intramolecular Hbond substituents is 1. The maximum Gasteiger partial charge on any atom is 0.229 e. The molecule has 0 amide bonds. The fraction of sp³-hybridized carbons (Fsp3) is 0.829. The molecule has 1 aromatic rings. The largest absolute Gasteiger partial charge is 0.504 e. The minimum absolute atomic E-state index is 0.0488. The molecule has 2 aliphatic heterocycles. The summed E-state index contributed by atoms with van der Waals surface area (Å²) in [6.07, 6.45) is -17.5. The molecule has 2 saturated carbocycles. The number of fused-ring (bicyclic) bond motifs is 5. The molecule has 0 aromatic heterocycles. The van der Waals surface area contributed by atoms with Gasteiger partial charge in [0.05, 0.1) is 42.0 Å². The van der Waals surface area contributed by atoms with Crippen molar-refractivity contribution in [2.75, 3.05) is 13.2 Å². The average Bonchev–Trinajstić information content (AvgIpc) is 3.35. The van der Waals surface area contributed by atoms with Gasteiger partial charge >= 0.3 is 0 Å². The third kappa shape index (κ3) is 7.19. The zero-order valence-electron chi connectivity index (χ0n) is 34.2. The van der Waals surface area contributed by atoms with E-state index in [4.69, 9.17) is 18.9 Å². The minimum Gasteiger partial charge on any atom is -0.504 e. The smallest absolute Gasteiger partial charge is 0.229 e. The normalized spacial score (nSPS) is 44.5. The number of Topliss-reactive ketones (excluding diaryl/α,β-unsaturated/α-hetero) is 1. The van der Waals surface area contributed by atoms with Gasteiger partial charge in [0.25, 0.3) is 0 Å². The highest BCUT2D eigenvalue weighted by Gasteiger charge is 2.73. The molecule has 0 spiro atoms. The maximum absolute atomic E-state index is 14.8. The molecule has 6 rings (SSSR count). The van der Waals surface area contributed by atoms with Crippen molar-refractivity contribution in [1.82, 2.24) is 0 Å². The number of rotatable bonds is 11. The van der Waals surface area contributed by atoms with Crippen LogP contribution in [0.25, 0.3) is 0 Å². The lowest BCUT2D eigenvalue weighted by Crippen LogP contribution is -2.64. The summed E-state index contributed by atoms with van der Waals surface area (Å²) in [5.74, 6) is -1.93. The molecule has 4 fully saturated rings. The van der Waals surface area contributed by atoms with Gasteiger partial charge in [-0.3, -0.25) is 4.79 Å². The van der Waals surface area contributed by atoms with Crippen molar-refractivity contribution < 1.29 is 85.0 Å². The minimum atomic E-state index is -1.85. The second kappa shape index (κ2) is 15.7. The summed E-state index contributed by atoms with van der Waals surface area (Å²) in [6, 6.07) is 1.51. The molecule has 17 nitrogen and oxygen atoms in total. The highest BCUT2D eigenvalue weighted by molar-refractivity contribution is 5.93. The number of hydrogen-bond donors (Lipinski definition) is 12. The van der Waals surface area contributed by atoms with Crippen LogP contribution in [0, 0.1) is 29.6 Å². The Kier molecular flexibility index (Phi) is 12.3. The van der Waals surface area contributed by atoms with E-state index in [2.05, 4.69) is 0 Å². The van der Waals surface area contributed by atoms with Crippen LogP contribution < -0.4 is 4.74 Å². The molecule has 1 aromatic carbocycles. The number of ether oxygens (including phenoxy) is 4. The Morgan fingerprint density at radius 3 is 2.07 bits per heavy atom. The number of aliphatic hydroxyl groups is 11. The molecular formula is C41H64O17. The first kappa shape index (κ1) is 45.5. The van der Waals surface area contributed by atoms with Gasteiger partial charge < -0.3 is 80.2 Å². The summed E-state index contributed by atoms with van der Waals surface area (Å²) >= 11 is 0. The lowest BCUT2D eigenvalue weighted by Gasteiger charge is -2.62. The van der Waals surface area contributed by atoms with Crippen LogP contribution in [0.5, 0.6) is 11.5 Å². The molecular weight excluding hydrogens is 764 g/mol. The van der Waals surface area contributed by atoms with E-state index in [0.717, 1.165) is 5.56 Å². The van der Waals surface area contributed by atoms with Crippen LogP contribution in [0.1, 0.15) is 90.3 Å². The highest BCUT2D eigenvalue weighted by Crippen LogP contribution is 2.72. The van der Waals surface area contributed by atoms with Gasteiger partial charge in [0.1, 0.15) is 54.6 Å². The Bertz CT molecular complexity index is 1680. The number of phenols is 1. The highest BCUT2D eigenvalue weighted by atomic mass is 16.7. The first-order chi connectivity index (χ1) is 26.8. The number of carbonyl (C=O) groups is 1. The lowest BCUT2D eigenvalue weighted by molar-refractivity contribution is -0.323. The molecule has 330 valence electrons. The number of aromatic hydroxyl groups is 1. The van der Waals surface area contributed by atoms with Crippen molar-refractivity contribution in [3.8, 4) is 11.5 Å². The molecule has 18 atom stereocenters. The van der Waals surface area contributed by atoms with Crippen LogP contribution in [0.2, 0.25) is 0 Å². The van der Waals surface area contributed by atoms with E-state index in [9.17, 15) is 66.1 Å². The molecule has 2 saturated heterocycles. The van der Waals surface area contributed by atoms with E-state index in [1.807, 2.05) is 20.8 Å². The molecule has 3 aliphatic carbocycles. The number of ketones is 1. The summed E-state index contributed by atoms with van der Waals surface area (Å²) in [4.78, 5) is 14.8. The van der Waals surface area contributed by atoms with E-state index in [1.54, 1.807) is 20.8 Å². The van der Waals surface area contributed by atoms with Gasteiger partial charge in [-0.15, -0.1) is 0 Å². The molecule has 12 N–H and O–H groups in total. The average molecular weight is 829 g/mol. The Balaban J connectivity index is 1.27. The van der Waals surface area contributed by atoms with Gasteiger partial charge in [-0.2, -0.15) is 0 Å². The van der Waals surface area contributed by atoms with Gasteiger partial charge in [0, 0.05) is 12.3 Å². The topological polar surface area (TPSA) is 297 Å². The number of hydrogen-bond acceptors (Lipinski definition) is 17. The van der Waals surface area contributed by atoms with Crippen molar-refractivity contribution in [1.29, 1.82) is 0 Å². The Hall–Kier alpha value is -2.07. The maximum atomic E-state index is 14.8. The molecule has 17 heteroatoms. The van der Waals surface area contributed by atoms with E-state index in [0.29, 0.717) is 24.0 Å². The molecule has 0 radical (unpaired) electrons. The summed E-state index contributed by atoms with van der Waals surface area (Å²) in [7, 11) is 0. The lowest BCUT2D eigenvalue weighted by atomic mass is 9.41. The summed E-state index contributed by atoms with van der Waals surface area (Å²) in [6.45, 7) is 10.8. The first-order valence-electron chi connectivity index (χ1n) is 20.2. The van der Waals surface area contributed by atoms with Crippen LogP contribution in [0.4, 0.5) is 0 Å². The van der Waals surface area contributed by atoms with Crippen LogP contribution in [-0.2, 0) is 30.8 Å². The van der Waals surface area contributed by atoms with Crippen LogP contribution in [0.15, 0.2) is 6.07 Å². The molecule has 0 bridgehead atoms. The van der Waals surface area contributed by atoms with Gasteiger partial charge in [0.2, 0.25) is 6.29 Å². The van der Waals surface area contributed by atoms with Gasteiger partial charge in [0.15, 0.2) is 17.8 Å². The standard InChI is InChI=1S/C41H64O17/c1-17-18-8-9-24-38(4)13-20(43)34(41(7,54)25(44)10-11-37(2,3)53)39(38,5)14-26(45)40(24,6)19(18)12-21(27(17)46)56-36-33(52)31(50)29(48)23(58-36)16-55-35-32(51)30(49)28(47)22(15-42)57-35/h12,20,22-25,28-36,42-44,46-54H,8-11,13-16H2,1-7H3/t20-,22-,23-,24+,25-,28-,29-,30+,31+,32-,33-,34+,35-,36-,38-,39-,40+,41+/m1/s1. The predicted molar refractivity (Wildman–Crippen MR) is 201 cm³/mol. The van der Waals surface area contributed by atoms with Crippen LogP contribution in [0.3, 0.4) is 0 Å². The zero-order valence-corrected chi connectivity index (χ0v) is 34.2. The SMILES string of the molecule is Cc1c(O)c(O[C@@H]2O[C@H](CO[C@@H]3O[C@H](CO)[C@@H](O)[C@H](O)[C@H]3O)[C@@H](O)[C@H](O)[C@H]2O)cc2c1CC[C@@H]1[C@@]2(C)C(=O)C[C@]2(C)[C@@H]([C@@](C)(O)[C@H](O)CCC(C)(C)O)[C@H](O)C[C@]12C. The third-order valence-electron chi connectivity index (χ3n) is 15.0. The first-order valence-corrected chi connectivity index (χ1v) is 20.2. The van der Waals surface area contributed by atoms with Crippen molar-refractivity contribution in [2.24, 2.45) is 22.7 Å². The quantitative estimate of drug-likeness (QED) is 0.122. The second-order valence-electron chi connectivity index (χ2n) is 19.1. The van der Waals surface area contributed by atoms with Gasteiger partial charge in [-0.25, -0.2) is 0 Å². The number of aliphatic hydroxyl groups excluding tert-OH is 9. The van der Waals surface area contributed by atoms with Crippen LogP contribution in [-0.4, -0.2) is 165 Å². The van der Waals surface area contributed by atoms with E-state index >= 15 is 0 Å². The number of benzene rings is 1. The summed E-state index contributed by atoms with van der Waals surface area (Å²) < 4.78 is 22.8. The Morgan fingerprint density at radius 2 is 1.47 bits per heavy atom. The molecule has 5 aliphatic rings. The van der Waals surface area contributed by atoms with Crippen molar-refractivity contribution in [3.63, 3.8) is 0 Å². The molecule has 0 unspecified atom stereocenters. The Labute approximate surface area is 337 Å². The monoisotopic (exact) mass is 828 g/mol. The Morgan fingerprint density at radius 1 is 0.879 bits per heavy atom. The van der Waals surface area contributed by atoms with E-state index in [-0.39, 0.29) is 48.9 Å². The van der Waals surface area contributed by atoms with Gasteiger partial charge in [-0.1, -0.05) is 13.8 Å². The molecule has 2 heterocycles. The molecule has 58 heavy (non-hydrogen) atoms. The van der Waals surface area contributed by atoms with E-state index in [1.165, 1.54) is 13.0 Å².